The van der Waals surface area contributed by atoms with Gasteiger partial charge in [0.1, 0.15) is 11.8 Å². The van der Waals surface area contributed by atoms with Crippen LogP contribution >= 0.6 is 11.9 Å². The van der Waals surface area contributed by atoms with E-state index in [1.54, 1.807) is 6.34 Å². The Morgan fingerprint density at radius 3 is 2.67 bits per heavy atom. The molecule has 0 saturated carbocycles. The predicted molar refractivity (Wildman–Crippen MR) is 41.0 cm³/mol. The molecule has 4 heteroatoms. The third-order valence-corrected chi connectivity index (χ3v) is 1.91. The van der Waals surface area contributed by atoms with Crippen LogP contribution in [-0.4, -0.2) is 22.8 Å². The highest BCUT2D eigenvalue weighted by Gasteiger charge is 2.18. The summed E-state index contributed by atoms with van der Waals surface area (Å²) >= 11 is 1.41. The summed E-state index contributed by atoms with van der Waals surface area (Å²) in [6.07, 6.45) is 1.79. The van der Waals surface area contributed by atoms with E-state index in [1.807, 2.05) is 4.90 Å². The van der Waals surface area contributed by atoms with E-state index in [0.717, 1.165) is 0 Å². The van der Waals surface area contributed by atoms with Gasteiger partial charge in [-0.2, -0.15) is 0 Å². The van der Waals surface area contributed by atoms with Gasteiger partial charge in [0.05, 0.1) is 0 Å². The second kappa shape index (κ2) is 2.58. The smallest absolute Gasteiger partial charge is 0.148 e. The van der Waals surface area contributed by atoms with Crippen LogP contribution < -0.4 is 5.73 Å². The van der Waals surface area contributed by atoms with Gasteiger partial charge in [-0.05, 0) is 13.8 Å². The second-order valence-corrected chi connectivity index (χ2v) is 3.16. The summed E-state index contributed by atoms with van der Waals surface area (Å²) < 4.78 is 3.96. The lowest BCUT2D eigenvalue weighted by atomic mass is 10.4. The third-order valence-electron chi connectivity index (χ3n) is 1.24. The van der Waals surface area contributed by atoms with Crippen molar-refractivity contribution in [1.29, 1.82) is 0 Å². The first-order chi connectivity index (χ1) is 4.22. The first-order valence-electron chi connectivity index (χ1n) is 2.94. The molecule has 1 atom stereocenters. The van der Waals surface area contributed by atoms with Gasteiger partial charge in [-0.25, -0.2) is 4.40 Å². The maximum Gasteiger partial charge on any atom is 0.148 e. The first kappa shape index (κ1) is 6.89. The zero-order valence-corrected chi connectivity index (χ0v) is 6.43. The molecule has 1 rings (SSSR count). The van der Waals surface area contributed by atoms with Crippen LogP contribution in [0.25, 0.3) is 0 Å². The highest BCUT2D eigenvalue weighted by atomic mass is 32.2. The highest BCUT2D eigenvalue weighted by molar-refractivity contribution is 7.98. The van der Waals surface area contributed by atoms with E-state index in [1.165, 1.54) is 11.9 Å². The molecule has 1 aliphatic rings. The Balaban J connectivity index is 2.49. The lowest BCUT2D eigenvalue weighted by Crippen LogP contribution is -2.39. The van der Waals surface area contributed by atoms with E-state index in [9.17, 15) is 0 Å². The summed E-state index contributed by atoms with van der Waals surface area (Å²) in [6.45, 7) is 4.19. The minimum absolute atomic E-state index is 0.0324. The van der Waals surface area contributed by atoms with Crippen molar-refractivity contribution >= 4 is 18.3 Å². The van der Waals surface area contributed by atoms with Gasteiger partial charge in [-0.3, -0.25) is 0 Å². The van der Waals surface area contributed by atoms with Crippen LogP contribution in [0.2, 0.25) is 0 Å². The highest BCUT2D eigenvalue weighted by Crippen LogP contribution is 2.18. The van der Waals surface area contributed by atoms with Gasteiger partial charge < -0.3 is 10.6 Å². The van der Waals surface area contributed by atoms with Gasteiger partial charge in [-0.1, -0.05) is 0 Å². The van der Waals surface area contributed by atoms with Crippen molar-refractivity contribution < 1.29 is 0 Å². The molecular formula is C5H11N3S. The zero-order valence-electron chi connectivity index (χ0n) is 5.61. The van der Waals surface area contributed by atoms with Crippen LogP contribution in [0.1, 0.15) is 13.8 Å². The number of rotatable bonds is 1. The maximum atomic E-state index is 5.64. The fourth-order valence-electron chi connectivity index (χ4n) is 0.691. The summed E-state index contributed by atoms with van der Waals surface area (Å²) in [6, 6.07) is 0.457. The molecule has 3 nitrogen and oxygen atoms in total. The molecule has 0 amide bonds. The average Bonchev–Trinajstić information content (AvgIpc) is 2.13. The van der Waals surface area contributed by atoms with E-state index in [4.69, 9.17) is 5.73 Å². The van der Waals surface area contributed by atoms with Crippen molar-refractivity contribution in [3.05, 3.63) is 0 Å². The largest absolute Gasteiger partial charge is 0.334 e. The summed E-state index contributed by atoms with van der Waals surface area (Å²) in [5.41, 5.74) is 5.68. The molecule has 0 saturated heterocycles. The monoisotopic (exact) mass is 145 g/mol. The fraction of sp³-hybridized carbons (Fsp3) is 0.800. The van der Waals surface area contributed by atoms with Gasteiger partial charge in [0.2, 0.25) is 0 Å². The number of hydrogen-bond acceptors (Lipinski definition) is 4. The fourth-order valence-corrected chi connectivity index (χ4v) is 1.39. The van der Waals surface area contributed by atoms with E-state index >= 15 is 0 Å². The Morgan fingerprint density at radius 1 is 1.78 bits per heavy atom. The van der Waals surface area contributed by atoms with Crippen molar-refractivity contribution in [2.24, 2.45) is 10.1 Å². The van der Waals surface area contributed by atoms with Gasteiger partial charge >= 0.3 is 0 Å². The maximum absolute atomic E-state index is 5.64. The lowest BCUT2D eigenvalue weighted by molar-refractivity contribution is 0.352. The Morgan fingerprint density at radius 2 is 2.44 bits per heavy atom. The van der Waals surface area contributed by atoms with Crippen LogP contribution in [0.15, 0.2) is 4.40 Å². The van der Waals surface area contributed by atoms with Crippen molar-refractivity contribution in [2.45, 2.75) is 25.4 Å². The molecule has 0 fully saturated rings. The molecule has 9 heavy (non-hydrogen) atoms. The predicted octanol–water partition coefficient (Wildman–Crippen LogP) is 0.629. The Kier molecular flexibility index (Phi) is 1.97. The first-order valence-corrected chi connectivity index (χ1v) is 3.78. The van der Waals surface area contributed by atoms with Crippen molar-refractivity contribution in [3.63, 3.8) is 0 Å². The Hall–Kier alpha value is -0.220. The molecular weight excluding hydrogens is 134 g/mol. The molecule has 0 aromatic carbocycles. The summed E-state index contributed by atoms with van der Waals surface area (Å²) in [4.78, 5) is 2.02. The molecule has 0 radical (unpaired) electrons. The summed E-state index contributed by atoms with van der Waals surface area (Å²) in [7, 11) is 0. The van der Waals surface area contributed by atoms with E-state index in [2.05, 4.69) is 18.2 Å². The van der Waals surface area contributed by atoms with Gasteiger partial charge in [0, 0.05) is 18.0 Å². The van der Waals surface area contributed by atoms with Crippen LogP contribution in [-0.2, 0) is 0 Å². The normalized spacial score (nSPS) is 26.2. The molecule has 0 aliphatic carbocycles. The Labute approximate surface area is 59.4 Å². The molecule has 1 aliphatic heterocycles. The quantitative estimate of drug-likeness (QED) is 0.550. The molecule has 1 heterocycles. The van der Waals surface area contributed by atoms with Crippen molar-refractivity contribution in [2.75, 3.05) is 0 Å². The molecule has 0 spiro atoms. The zero-order chi connectivity index (χ0) is 6.85. The van der Waals surface area contributed by atoms with Crippen LogP contribution in [0.3, 0.4) is 0 Å². The summed E-state index contributed by atoms with van der Waals surface area (Å²) in [5.74, 6) is 0. The second-order valence-electron chi connectivity index (χ2n) is 2.26. The van der Waals surface area contributed by atoms with Gasteiger partial charge in [0.25, 0.3) is 0 Å². The number of nitrogens with zero attached hydrogens (tertiary/aromatic N) is 2. The molecule has 0 aromatic rings. The molecule has 1 unspecified atom stereocenters. The van der Waals surface area contributed by atoms with Gasteiger partial charge in [-0.15, -0.1) is 0 Å². The van der Waals surface area contributed by atoms with Crippen LogP contribution in [0.5, 0.6) is 0 Å². The van der Waals surface area contributed by atoms with Gasteiger partial charge in [0.15, 0.2) is 0 Å². The van der Waals surface area contributed by atoms with Crippen LogP contribution in [0.4, 0.5) is 0 Å². The minimum Gasteiger partial charge on any atom is -0.334 e. The van der Waals surface area contributed by atoms with E-state index < -0.39 is 0 Å². The van der Waals surface area contributed by atoms with E-state index in [-0.39, 0.29) is 5.50 Å². The molecule has 2 N–H and O–H groups in total. The van der Waals surface area contributed by atoms with Crippen molar-refractivity contribution in [3.8, 4) is 0 Å². The number of nitrogens with two attached hydrogens (primary N) is 1. The standard InChI is InChI=1S/C5H11N3S/c1-4(2)8-3-7-9-5(8)6/h3-5H,6H2,1-2H3. The van der Waals surface area contributed by atoms with Crippen molar-refractivity contribution in [1.82, 2.24) is 4.90 Å². The number of hydrogen-bond donors (Lipinski definition) is 1. The Bertz CT molecular complexity index is 123. The van der Waals surface area contributed by atoms with E-state index in [0.29, 0.717) is 6.04 Å². The molecule has 52 valence electrons. The molecule has 0 bridgehead atoms. The molecule has 0 aromatic heterocycles. The SMILES string of the molecule is CC(C)N1C=NSC1N. The third kappa shape index (κ3) is 1.37. The minimum atomic E-state index is 0.0324. The lowest BCUT2D eigenvalue weighted by Gasteiger charge is -2.22. The van der Waals surface area contributed by atoms with Crippen LogP contribution in [0, 0.1) is 0 Å². The topological polar surface area (TPSA) is 41.6 Å². The average molecular weight is 145 g/mol. The summed E-state index contributed by atoms with van der Waals surface area (Å²) in [5, 5.41) is 0.